The van der Waals surface area contributed by atoms with Gasteiger partial charge in [-0.2, -0.15) is 0 Å². The van der Waals surface area contributed by atoms with E-state index in [4.69, 9.17) is 23.2 Å². The van der Waals surface area contributed by atoms with Crippen molar-refractivity contribution in [3.05, 3.63) is 34.6 Å². The average molecular weight is 304 g/mol. The third kappa shape index (κ3) is 3.21. The van der Waals surface area contributed by atoms with Gasteiger partial charge in [0.2, 0.25) is 0 Å². The van der Waals surface area contributed by atoms with Crippen LogP contribution < -0.4 is 0 Å². The molecular weight excluding hydrogens is 288 g/mol. The van der Waals surface area contributed by atoms with Crippen LogP contribution in [0.25, 0.3) is 0 Å². The first-order valence-electron chi connectivity index (χ1n) is 6.46. The average Bonchev–Trinajstić information content (AvgIpc) is 2.34. The number of benzene rings is 1. The Balaban J connectivity index is 2.20. The van der Waals surface area contributed by atoms with Gasteiger partial charge in [-0.25, -0.2) is 4.39 Å². The molecule has 1 aromatic rings. The Morgan fingerprint density at radius 3 is 2.74 bits per heavy atom. The first-order chi connectivity index (χ1) is 9.15. The summed E-state index contributed by atoms with van der Waals surface area (Å²) < 4.78 is 13.4. The molecule has 0 unspecified atom stereocenters. The minimum Gasteiger partial charge on any atom is -0.336 e. The largest absolute Gasteiger partial charge is 0.336 e. The van der Waals surface area contributed by atoms with Crippen molar-refractivity contribution < 1.29 is 9.18 Å². The molecule has 0 aliphatic heterocycles. The second-order valence-electron chi connectivity index (χ2n) is 4.73. The number of carbonyl (C=O) groups excluding carboxylic acids is 1. The fourth-order valence-electron chi connectivity index (χ4n) is 2.20. The summed E-state index contributed by atoms with van der Waals surface area (Å²) >= 11 is 11.6. The molecule has 19 heavy (non-hydrogen) atoms. The van der Waals surface area contributed by atoms with Crippen LogP contribution in [0.4, 0.5) is 4.39 Å². The van der Waals surface area contributed by atoms with Gasteiger partial charge >= 0.3 is 0 Å². The molecule has 0 aromatic heterocycles. The van der Waals surface area contributed by atoms with E-state index in [2.05, 4.69) is 0 Å². The van der Waals surface area contributed by atoms with Gasteiger partial charge in [0.15, 0.2) is 0 Å². The second-order valence-corrected chi connectivity index (χ2v) is 5.48. The second kappa shape index (κ2) is 6.58. The van der Waals surface area contributed by atoms with Gasteiger partial charge < -0.3 is 4.90 Å². The molecule has 0 radical (unpaired) electrons. The molecule has 5 heteroatoms. The highest BCUT2D eigenvalue weighted by atomic mass is 35.5. The van der Waals surface area contributed by atoms with Crippen LogP contribution in [0.15, 0.2) is 18.2 Å². The van der Waals surface area contributed by atoms with Crippen molar-refractivity contribution in [2.24, 2.45) is 0 Å². The third-order valence-electron chi connectivity index (χ3n) is 3.49. The van der Waals surface area contributed by atoms with E-state index in [1.165, 1.54) is 12.1 Å². The predicted octanol–water partition coefficient (Wildman–Crippen LogP) is 4.10. The summed E-state index contributed by atoms with van der Waals surface area (Å²) in [6.45, 7) is 0.597. The third-order valence-corrected chi connectivity index (χ3v) is 4.14. The summed E-state index contributed by atoms with van der Waals surface area (Å²) in [5.41, 5.74) is 0.239. The Morgan fingerprint density at radius 2 is 2.16 bits per heavy atom. The fourth-order valence-corrected chi connectivity index (χ4v) is 2.53. The number of carbonyl (C=O) groups is 1. The standard InChI is InChI=1S/C14H16Cl2FNO/c15-8-3-9-18(10-4-1-5-10)14(19)11-6-2-7-12(17)13(11)16/h2,6-7,10H,1,3-5,8-9H2. The zero-order chi connectivity index (χ0) is 13.8. The van der Waals surface area contributed by atoms with Crippen LogP contribution in [-0.4, -0.2) is 29.3 Å². The highest BCUT2D eigenvalue weighted by Crippen LogP contribution is 2.28. The lowest BCUT2D eigenvalue weighted by atomic mass is 9.90. The van der Waals surface area contributed by atoms with Gasteiger partial charge in [-0.3, -0.25) is 4.79 Å². The summed E-state index contributed by atoms with van der Waals surface area (Å²) in [7, 11) is 0. The van der Waals surface area contributed by atoms with E-state index in [1.807, 2.05) is 0 Å². The van der Waals surface area contributed by atoms with Crippen LogP contribution in [0, 0.1) is 5.82 Å². The summed E-state index contributed by atoms with van der Waals surface area (Å²) in [6.07, 6.45) is 3.87. The van der Waals surface area contributed by atoms with Crippen molar-refractivity contribution in [1.82, 2.24) is 4.90 Å². The first-order valence-corrected chi connectivity index (χ1v) is 7.37. The minimum absolute atomic E-state index is 0.0947. The van der Waals surface area contributed by atoms with Gasteiger partial charge in [0.1, 0.15) is 5.82 Å². The van der Waals surface area contributed by atoms with E-state index in [1.54, 1.807) is 11.0 Å². The SMILES string of the molecule is O=C(c1cccc(F)c1Cl)N(CCCCl)C1CCC1. The molecule has 1 amide bonds. The van der Waals surface area contributed by atoms with Gasteiger partial charge in [-0.15, -0.1) is 11.6 Å². The van der Waals surface area contributed by atoms with E-state index in [-0.39, 0.29) is 22.5 Å². The number of amides is 1. The Hall–Kier alpha value is -0.800. The quantitative estimate of drug-likeness (QED) is 0.750. The van der Waals surface area contributed by atoms with Crippen LogP contribution in [0.5, 0.6) is 0 Å². The molecule has 1 fully saturated rings. The van der Waals surface area contributed by atoms with Crippen molar-refractivity contribution >= 4 is 29.1 Å². The Bertz CT molecular complexity index is 463. The van der Waals surface area contributed by atoms with Crippen LogP contribution in [-0.2, 0) is 0 Å². The highest BCUT2D eigenvalue weighted by Gasteiger charge is 2.30. The van der Waals surface area contributed by atoms with Crippen molar-refractivity contribution in [3.8, 4) is 0 Å². The maximum Gasteiger partial charge on any atom is 0.255 e. The van der Waals surface area contributed by atoms with Gasteiger partial charge in [0.05, 0.1) is 10.6 Å². The van der Waals surface area contributed by atoms with Gasteiger partial charge in [-0.1, -0.05) is 17.7 Å². The number of halogens is 3. The van der Waals surface area contributed by atoms with Crippen LogP contribution in [0.3, 0.4) is 0 Å². The summed E-state index contributed by atoms with van der Waals surface area (Å²) in [4.78, 5) is 14.3. The maximum atomic E-state index is 13.4. The molecule has 1 aliphatic rings. The molecule has 1 aliphatic carbocycles. The molecule has 1 saturated carbocycles. The van der Waals surface area contributed by atoms with Crippen LogP contribution >= 0.6 is 23.2 Å². The number of hydrogen-bond acceptors (Lipinski definition) is 1. The van der Waals surface area contributed by atoms with Gasteiger partial charge in [-0.05, 0) is 37.8 Å². The minimum atomic E-state index is -0.557. The van der Waals surface area contributed by atoms with E-state index in [0.717, 1.165) is 25.7 Å². The van der Waals surface area contributed by atoms with E-state index in [0.29, 0.717) is 12.4 Å². The predicted molar refractivity (Wildman–Crippen MR) is 75.4 cm³/mol. The Labute approximate surface area is 122 Å². The zero-order valence-corrected chi connectivity index (χ0v) is 12.1. The molecule has 0 spiro atoms. The van der Waals surface area contributed by atoms with Crippen molar-refractivity contribution in [3.63, 3.8) is 0 Å². The molecule has 0 saturated heterocycles. The lowest BCUT2D eigenvalue weighted by molar-refractivity contribution is 0.0580. The number of alkyl halides is 1. The van der Waals surface area contributed by atoms with E-state index in [9.17, 15) is 9.18 Å². The molecule has 0 atom stereocenters. The lowest BCUT2D eigenvalue weighted by Crippen LogP contribution is -2.45. The normalized spacial score (nSPS) is 15.1. The van der Waals surface area contributed by atoms with Crippen LogP contribution in [0.1, 0.15) is 36.0 Å². The topological polar surface area (TPSA) is 20.3 Å². The number of hydrogen-bond donors (Lipinski definition) is 0. The summed E-state index contributed by atoms with van der Waals surface area (Å²) in [5, 5.41) is -0.0947. The molecule has 0 heterocycles. The molecule has 2 rings (SSSR count). The Kier molecular flexibility index (Phi) is 5.06. The molecule has 1 aromatic carbocycles. The zero-order valence-electron chi connectivity index (χ0n) is 10.5. The smallest absolute Gasteiger partial charge is 0.255 e. The fraction of sp³-hybridized carbons (Fsp3) is 0.500. The van der Waals surface area contributed by atoms with Crippen molar-refractivity contribution in [1.29, 1.82) is 0 Å². The molecular formula is C14H16Cl2FNO. The monoisotopic (exact) mass is 303 g/mol. The first kappa shape index (κ1) is 14.6. The van der Waals surface area contributed by atoms with E-state index >= 15 is 0 Å². The molecule has 104 valence electrons. The highest BCUT2D eigenvalue weighted by molar-refractivity contribution is 6.34. The van der Waals surface area contributed by atoms with Crippen molar-refractivity contribution in [2.75, 3.05) is 12.4 Å². The molecule has 0 bridgehead atoms. The van der Waals surface area contributed by atoms with Crippen molar-refractivity contribution in [2.45, 2.75) is 31.7 Å². The van der Waals surface area contributed by atoms with Gasteiger partial charge in [0, 0.05) is 18.5 Å². The number of rotatable bonds is 5. The van der Waals surface area contributed by atoms with Crippen LogP contribution in [0.2, 0.25) is 5.02 Å². The molecule has 2 nitrogen and oxygen atoms in total. The van der Waals surface area contributed by atoms with E-state index < -0.39 is 5.82 Å². The number of nitrogens with zero attached hydrogens (tertiary/aromatic N) is 1. The van der Waals surface area contributed by atoms with Gasteiger partial charge in [0.25, 0.3) is 5.91 Å². The lowest BCUT2D eigenvalue weighted by Gasteiger charge is -2.37. The Morgan fingerprint density at radius 1 is 1.42 bits per heavy atom. The summed E-state index contributed by atoms with van der Waals surface area (Å²) in [5.74, 6) is -0.245. The summed E-state index contributed by atoms with van der Waals surface area (Å²) in [6, 6.07) is 4.58. The molecule has 0 N–H and O–H groups in total. The maximum absolute atomic E-state index is 13.4.